The summed E-state index contributed by atoms with van der Waals surface area (Å²) in [6.07, 6.45) is 20.4. The lowest BCUT2D eigenvalue weighted by Crippen LogP contribution is -2.61. The number of unbranched alkanes of at least 4 members (excludes halogenated alkanes) is 2. The number of amides is 1. The first-order valence-corrected chi connectivity index (χ1v) is 45.1. The van der Waals surface area contributed by atoms with Crippen molar-refractivity contribution in [3.8, 4) is 11.3 Å². The Morgan fingerprint density at radius 2 is 1.31 bits per heavy atom. The number of aromatic nitrogens is 6. The number of nitrogen functional groups attached to an aromatic ring is 1. The third kappa shape index (κ3) is 33.3. The fraction of sp³-hybridized carbons (Fsp3) is 0.699. The molecule has 4 aromatic heterocycles. The molecular formula is C93H140N8O24. The number of anilines is 1. The topological polar surface area (TPSA) is 408 Å². The number of aliphatic hydroxyl groups is 2. The maximum absolute atomic E-state index is 14.8. The number of nitrogens with two attached hydrogens (primary N) is 1. The van der Waals surface area contributed by atoms with Gasteiger partial charge in [-0.05, 0) is 145 Å². The predicted molar refractivity (Wildman–Crippen MR) is 467 cm³/mol. The number of carbonyl (C=O) groups is 8. The molecular weight excluding hydrogens is 1610 g/mol. The number of aryl methyl sites for hydroxylation is 1. The van der Waals surface area contributed by atoms with Crippen LogP contribution in [-0.4, -0.2) is 280 Å². The minimum atomic E-state index is -2.48. The zero-order chi connectivity index (χ0) is 90.1. The van der Waals surface area contributed by atoms with E-state index in [4.69, 9.17) is 77.1 Å². The number of ether oxygens (including phenoxy) is 14. The molecule has 0 spiro atoms. The lowest BCUT2D eigenvalue weighted by atomic mass is 9.78. The van der Waals surface area contributed by atoms with Crippen LogP contribution in [0, 0.1) is 35.5 Å². The number of piperidine rings is 1. The number of esters is 2. The van der Waals surface area contributed by atoms with Crippen molar-refractivity contribution in [2.45, 2.75) is 251 Å². The van der Waals surface area contributed by atoms with Crippen molar-refractivity contribution in [1.82, 2.24) is 34.6 Å². The second-order valence-electron chi connectivity index (χ2n) is 33.7. The first kappa shape index (κ1) is 103. The Labute approximate surface area is 736 Å². The number of fused-ring (bicyclic) bond motifs is 5. The van der Waals surface area contributed by atoms with E-state index in [-0.39, 0.29) is 73.2 Å². The van der Waals surface area contributed by atoms with Gasteiger partial charge in [-0.1, -0.05) is 77.5 Å². The first-order valence-electron chi connectivity index (χ1n) is 45.1. The van der Waals surface area contributed by atoms with E-state index in [2.05, 4.69) is 19.9 Å². The molecule has 2 saturated heterocycles. The summed E-state index contributed by atoms with van der Waals surface area (Å²) in [5, 5.41) is 30.3. The van der Waals surface area contributed by atoms with Crippen LogP contribution in [0.1, 0.15) is 190 Å². The van der Waals surface area contributed by atoms with Crippen LogP contribution < -0.4 is 5.73 Å². The number of H-pyrrole nitrogens is 1. The smallest absolute Gasteiger partial charge is 0.329 e. The average Bonchev–Trinajstić information content (AvgIpc) is 1.76. The maximum Gasteiger partial charge on any atom is 0.329 e. The molecule has 2 bridgehead atoms. The number of cyclic esters (lactones) is 1. The molecule has 0 aromatic carbocycles. The van der Waals surface area contributed by atoms with Crippen molar-refractivity contribution < 1.29 is 115 Å². The zero-order valence-corrected chi connectivity index (χ0v) is 75.4. The molecule has 15 atom stereocenters. The molecule has 696 valence electrons. The molecule has 32 nitrogen and oxygen atoms in total. The van der Waals surface area contributed by atoms with Crippen LogP contribution in [0.2, 0.25) is 0 Å². The Hall–Kier alpha value is -7.80. The Morgan fingerprint density at radius 3 is 1.96 bits per heavy atom. The van der Waals surface area contributed by atoms with Gasteiger partial charge in [0.25, 0.3) is 11.7 Å². The summed E-state index contributed by atoms with van der Waals surface area (Å²) >= 11 is 0. The minimum Gasteiger partial charge on any atom is -0.460 e. The Kier molecular flexibility index (Phi) is 45.3. The van der Waals surface area contributed by atoms with Crippen molar-refractivity contribution in [2.24, 2.45) is 35.5 Å². The third-order valence-corrected chi connectivity index (χ3v) is 24.0. The molecule has 32 heteroatoms. The number of hydrogen-bond acceptors (Lipinski definition) is 29. The molecule has 5 N–H and O–H groups in total. The van der Waals surface area contributed by atoms with E-state index < -0.39 is 95.9 Å². The van der Waals surface area contributed by atoms with Gasteiger partial charge in [0, 0.05) is 134 Å². The minimum absolute atomic E-state index is 0.00759. The average molecular weight is 1750 g/mol. The van der Waals surface area contributed by atoms with Gasteiger partial charge in [0.15, 0.2) is 11.4 Å². The van der Waals surface area contributed by atoms with E-state index in [1.807, 2.05) is 74.2 Å². The number of carbonyl (C=O) groups excluding carboxylic acids is 8. The molecule has 1 amide bonds. The fourth-order valence-corrected chi connectivity index (χ4v) is 16.5. The number of aromatic amines is 1. The Morgan fingerprint density at radius 1 is 0.672 bits per heavy atom. The highest BCUT2D eigenvalue weighted by Crippen LogP contribution is 2.39. The molecule has 8 rings (SSSR count). The number of allylic oxidation sites excluding steroid dienone is 6. The summed E-state index contributed by atoms with van der Waals surface area (Å²) in [6, 6.07) is 2.76. The van der Waals surface area contributed by atoms with Crippen LogP contribution in [0.25, 0.3) is 33.3 Å². The number of rotatable bonds is 46. The Balaban J connectivity index is 0.637. The Bertz CT molecular complexity index is 4130. The number of methoxy groups -OCH3 is 3. The van der Waals surface area contributed by atoms with Crippen LogP contribution >= 0.6 is 0 Å². The number of pyridine rings is 1. The lowest BCUT2D eigenvalue weighted by molar-refractivity contribution is -0.265. The fourth-order valence-electron chi connectivity index (χ4n) is 16.5. The number of nitrogens with one attached hydrogen (secondary N) is 1. The second-order valence-corrected chi connectivity index (χ2v) is 33.7. The number of hydrogen-bond donors (Lipinski definition) is 4. The predicted octanol–water partition coefficient (Wildman–Crippen LogP) is 10.9. The van der Waals surface area contributed by atoms with Crippen molar-refractivity contribution in [1.29, 1.82) is 0 Å². The summed E-state index contributed by atoms with van der Waals surface area (Å²) in [4.78, 5) is 128. The normalized spacial score (nSPS) is 26.7. The van der Waals surface area contributed by atoms with Gasteiger partial charge in [-0.3, -0.25) is 33.6 Å². The number of aliphatic hydroxyl groups excluding tert-OH is 1. The standard InChI is InChI=1S/C93H140N8O24/c1-62-21-13-11-14-22-63(2)78(112-8)58-74-29-27-68(7)93(111,125-74)87(108)91(109)100-35-18-16-25-75(100)92(110)124-79(59-76(104)64(3)54-67(6)85(107)86(114-10)84(106)66(5)53-62)65(4)55-69-28-30-77(80(56-69)113-9)123-81(105)26-20-38-116-42-46-120-50-52-122-48-44-118-40-33-73(103)24-19-37-115-41-45-119-49-51-121-47-43-117-39-32-72(102)23-15-12-17-36-101-90-82(88(94)97-61-98-90)83(99-101)71-57-70-31-34-95-89(70)96-60-71/h11,13-14,21-22,31,34,54,57,60-62,64-66,68-69,74-75,77-80,85-86,107,111H,12,15-20,23-30,32-33,35-53,55-56,58-59H2,1-10H3,(H,95,96)(H2,94,97,98)/b14-11+,21-13+,63-22+,67-54+/t62-,64-,65-,66-,68-,69+,74+,75+,77-,78+,79+,80-,85-,86+,93-/m1/s1. The van der Waals surface area contributed by atoms with E-state index in [0.29, 0.717) is 237 Å². The largest absolute Gasteiger partial charge is 0.460 e. The molecule has 3 aliphatic heterocycles. The second kappa shape index (κ2) is 55.2. The van der Waals surface area contributed by atoms with Crippen LogP contribution in [0.3, 0.4) is 0 Å². The third-order valence-electron chi connectivity index (χ3n) is 24.0. The summed E-state index contributed by atoms with van der Waals surface area (Å²) in [7, 11) is 4.51. The van der Waals surface area contributed by atoms with E-state index in [1.165, 1.54) is 18.3 Å². The lowest BCUT2D eigenvalue weighted by Gasteiger charge is -2.42. The van der Waals surface area contributed by atoms with E-state index >= 15 is 0 Å². The molecule has 125 heavy (non-hydrogen) atoms. The van der Waals surface area contributed by atoms with Crippen molar-refractivity contribution in [3.63, 3.8) is 0 Å². The highest BCUT2D eigenvalue weighted by atomic mass is 16.6. The van der Waals surface area contributed by atoms with Crippen LogP contribution in [0.4, 0.5) is 5.82 Å². The van der Waals surface area contributed by atoms with Gasteiger partial charge in [-0.2, -0.15) is 5.10 Å². The molecule has 1 aliphatic carbocycles. The van der Waals surface area contributed by atoms with Gasteiger partial charge in [0.1, 0.15) is 71.3 Å². The molecule has 4 aliphatic rings. The summed E-state index contributed by atoms with van der Waals surface area (Å²) in [5.41, 5.74) is 10.5. The molecule has 1 saturated carbocycles. The van der Waals surface area contributed by atoms with Gasteiger partial charge in [0.05, 0.1) is 116 Å². The maximum atomic E-state index is 14.8. The van der Waals surface area contributed by atoms with Gasteiger partial charge < -0.3 is 92.1 Å². The zero-order valence-electron chi connectivity index (χ0n) is 75.4. The summed E-state index contributed by atoms with van der Waals surface area (Å²) in [5.74, 6) is -8.37. The highest BCUT2D eigenvalue weighted by Gasteiger charge is 2.53. The van der Waals surface area contributed by atoms with Crippen molar-refractivity contribution >= 4 is 74.6 Å². The van der Waals surface area contributed by atoms with Crippen LogP contribution in [0.5, 0.6) is 0 Å². The van der Waals surface area contributed by atoms with E-state index in [9.17, 15) is 48.6 Å². The number of nitrogens with zero attached hydrogens (tertiary/aromatic N) is 6. The number of Topliss-reactive ketones (excluding diaryl/α,β-unsaturated/α-hetero) is 5. The number of ketones is 5. The van der Waals surface area contributed by atoms with Gasteiger partial charge in [-0.15, -0.1) is 0 Å². The van der Waals surface area contributed by atoms with Gasteiger partial charge in [0.2, 0.25) is 5.79 Å². The van der Waals surface area contributed by atoms with Crippen LogP contribution in [0.15, 0.2) is 78.5 Å². The van der Waals surface area contributed by atoms with Gasteiger partial charge >= 0.3 is 11.9 Å². The van der Waals surface area contributed by atoms with Crippen LogP contribution in [-0.2, 0) is 111 Å². The van der Waals surface area contributed by atoms with E-state index in [1.54, 1.807) is 54.2 Å². The first-order chi connectivity index (χ1) is 60.3. The summed E-state index contributed by atoms with van der Waals surface area (Å²) < 4.78 is 82.9. The van der Waals surface area contributed by atoms with Crippen molar-refractivity contribution in [3.05, 3.63) is 78.5 Å². The molecule has 7 heterocycles. The monoisotopic (exact) mass is 1750 g/mol. The van der Waals surface area contributed by atoms with Gasteiger partial charge in [-0.25, -0.2) is 24.4 Å². The van der Waals surface area contributed by atoms with E-state index in [0.717, 1.165) is 41.4 Å². The molecule has 3 fully saturated rings. The molecule has 0 radical (unpaired) electrons. The highest BCUT2D eigenvalue weighted by molar-refractivity contribution is 6.39. The molecule has 4 aromatic rings. The quantitative estimate of drug-likeness (QED) is 0.0138. The SMILES string of the molecule is CO[C@H]1C[C@@H]2CC[C@@H](C)[C@@](O)(O2)C(=O)C(=O)N2CCCC[C@H]2C(=O)O[C@H]([C@H](C)C[C@@H]2CC[C@@H](OC(=O)CCCOCCOCCOCCOCCC(=O)CCCOCCOCCOCCOCCC(=O)CCCCCn3nc(-c4cnc5[nH]ccc5c4)c4c(N)ncnc43)[C@H](OC)C2)CC(=O)[C@H](C)/C=C(\C)[C@@H](O)[C@@H](OC)C(=O)[C@H](C)C[C@H](C)/C=C/C=C/C=C/1C. The van der Waals surface area contributed by atoms with Crippen molar-refractivity contribution in [2.75, 3.05) is 139 Å². The molecule has 0 unspecified atom stereocenters. The summed E-state index contributed by atoms with van der Waals surface area (Å²) in [6.45, 7) is 19.1.